The Hall–Kier alpha value is -1.61. The Morgan fingerprint density at radius 3 is 2.60 bits per heavy atom. The van der Waals surface area contributed by atoms with Crippen LogP contribution in [0.1, 0.15) is 45.1 Å². The van der Waals surface area contributed by atoms with Gasteiger partial charge < -0.3 is 10.0 Å². The van der Waals surface area contributed by atoms with Crippen LogP contribution in [0.5, 0.6) is 5.75 Å². The van der Waals surface area contributed by atoms with E-state index in [-0.39, 0.29) is 0 Å². The second-order valence-electron chi connectivity index (χ2n) is 7.27. The number of thioether (sulfide) groups is 1. The molecular formula is C22H29NOS. The third-order valence-corrected chi connectivity index (χ3v) is 6.87. The number of anilines is 2. The van der Waals surface area contributed by atoms with E-state index in [0.29, 0.717) is 11.2 Å². The van der Waals surface area contributed by atoms with Gasteiger partial charge in [0.05, 0.1) is 5.69 Å². The number of hydrogen-bond donors (Lipinski definition) is 1. The molecule has 134 valence electrons. The van der Waals surface area contributed by atoms with Gasteiger partial charge in [-0.1, -0.05) is 44.9 Å². The first-order valence-electron chi connectivity index (χ1n) is 9.37. The van der Waals surface area contributed by atoms with E-state index >= 15 is 0 Å². The Bertz CT molecular complexity index is 715. The molecule has 2 nitrogen and oxygen atoms in total. The standard InChI is InChI=1S/C22H29NOS/c1-4-6-12-22(5-2)15-23(18-10-8-7-9-11-18)19-13-17(3)20(24)14-21(19)25-16-22/h7-11,13-14,24H,4-6,12,15-16H2,1-3H3. The third-order valence-electron chi connectivity index (χ3n) is 5.47. The van der Waals surface area contributed by atoms with Crippen LogP contribution in [0.4, 0.5) is 11.4 Å². The largest absolute Gasteiger partial charge is 0.508 e. The van der Waals surface area contributed by atoms with Crippen LogP contribution in [0, 0.1) is 12.3 Å². The van der Waals surface area contributed by atoms with Crippen LogP contribution in [0.2, 0.25) is 0 Å². The minimum Gasteiger partial charge on any atom is -0.508 e. The monoisotopic (exact) mass is 355 g/mol. The van der Waals surface area contributed by atoms with Crippen molar-refractivity contribution in [2.45, 2.75) is 51.3 Å². The van der Waals surface area contributed by atoms with E-state index in [1.54, 1.807) is 0 Å². The van der Waals surface area contributed by atoms with Crippen molar-refractivity contribution in [2.24, 2.45) is 5.41 Å². The first-order chi connectivity index (χ1) is 12.1. The number of para-hydroxylation sites is 1. The normalized spacial score (nSPS) is 20.2. The van der Waals surface area contributed by atoms with Gasteiger partial charge in [-0.25, -0.2) is 0 Å². The molecule has 1 aliphatic heterocycles. The van der Waals surface area contributed by atoms with Gasteiger partial charge in [0.1, 0.15) is 5.75 Å². The topological polar surface area (TPSA) is 23.5 Å². The fourth-order valence-electron chi connectivity index (χ4n) is 3.62. The maximum atomic E-state index is 10.2. The van der Waals surface area contributed by atoms with Crippen LogP contribution >= 0.6 is 11.8 Å². The molecule has 0 radical (unpaired) electrons. The van der Waals surface area contributed by atoms with E-state index in [4.69, 9.17) is 0 Å². The average molecular weight is 356 g/mol. The summed E-state index contributed by atoms with van der Waals surface area (Å²) >= 11 is 1.91. The molecule has 0 aromatic heterocycles. The van der Waals surface area contributed by atoms with Crippen molar-refractivity contribution < 1.29 is 5.11 Å². The summed E-state index contributed by atoms with van der Waals surface area (Å²) in [6.07, 6.45) is 4.96. The number of hydrogen-bond acceptors (Lipinski definition) is 3. The molecule has 1 heterocycles. The number of rotatable bonds is 5. The number of aromatic hydroxyl groups is 1. The number of aryl methyl sites for hydroxylation is 1. The maximum Gasteiger partial charge on any atom is 0.119 e. The molecule has 2 aromatic carbocycles. The molecule has 1 aliphatic rings. The zero-order valence-corrected chi connectivity index (χ0v) is 16.4. The van der Waals surface area contributed by atoms with Gasteiger partial charge in [0.15, 0.2) is 0 Å². The number of phenols is 1. The fourth-order valence-corrected chi connectivity index (χ4v) is 5.03. The molecule has 3 heteroatoms. The van der Waals surface area contributed by atoms with Crippen molar-refractivity contribution in [2.75, 3.05) is 17.2 Å². The number of fused-ring (bicyclic) bond motifs is 1. The average Bonchev–Trinajstić information content (AvgIpc) is 2.79. The van der Waals surface area contributed by atoms with E-state index in [1.165, 1.54) is 42.0 Å². The van der Waals surface area contributed by atoms with Gasteiger partial charge >= 0.3 is 0 Å². The molecule has 25 heavy (non-hydrogen) atoms. The summed E-state index contributed by atoms with van der Waals surface area (Å²) < 4.78 is 0. The lowest BCUT2D eigenvalue weighted by Gasteiger charge is -2.36. The molecule has 0 saturated heterocycles. The van der Waals surface area contributed by atoms with Crippen molar-refractivity contribution in [3.63, 3.8) is 0 Å². The number of unbranched alkanes of at least 4 members (excludes halogenated alkanes) is 1. The number of nitrogens with zero attached hydrogens (tertiary/aromatic N) is 1. The summed E-state index contributed by atoms with van der Waals surface area (Å²) in [4.78, 5) is 3.67. The second-order valence-corrected chi connectivity index (χ2v) is 8.29. The lowest BCUT2D eigenvalue weighted by atomic mass is 9.81. The number of phenolic OH excluding ortho intramolecular Hbond substituents is 1. The molecule has 1 unspecified atom stereocenters. The van der Waals surface area contributed by atoms with Crippen molar-refractivity contribution in [1.29, 1.82) is 0 Å². The van der Waals surface area contributed by atoms with Crippen molar-refractivity contribution in [1.82, 2.24) is 0 Å². The summed E-state index contributed by atoms with van der Waals surface area (Å²) in [6.45, 7) is 7.63. The van der Waals surface area contributed by atoms with Crippen LogP contribution in [-0.4, -0.2) is 17.4 Å². The molecule has 0 amide bonds. The summed E-state index contributed by atoms with van der Waals surface area (Å²) in [7, 11) is 0. The smallest absolute Gasteiger partial charge is 0.119 e. The molecule has 3 rings (SSSR count). The molecule has 0 aliphatic carbocycles. The molecule has 0 bridgehead atoms. The van der Waals surface area contributed by atoms with Crippen molar-refractivity contribution in [3.8, 4) is 5.75 Å². The quantitative estimate of drug-likeness (QED) is 0.659. The maximum absolute atomic E-state index is 10.2. The van der Waals surface area contributed by atoms with Gasteiger partial charge in [-0.2, -0.15) is 0 Å². The van der Waals surface area contributed by atoms with Gasteiger partial charge in [0.2, 0.25) is 0 Å². The minimum absolute atomic E-state index is 0.305. The summed E-state index contributed by atoms with van der Waals surface area (Å²) in [5, 5.41) is 10.2. The predicted octanol–water partition coefficient (Wildman–Crippen LogP) is 6.53. The van der Waals surface area contributed by atoms with E-state index in [1.807, 2.05) is 24.8 Å². The van der Waals surface area contributed by atoms with Crippen LogP contribution < -0.4 is 4.90 Å². The molecule has 1 N–H and O–H groups in total. The van der Waals surface area contributed by atoms with Crippen LogP contribution in [0.3, 0.4) is 0 Å². The van der Waals surface area contributed by atoms with Crippen molar-refractivity contribution in [3.05, 3.63) is 48.0 Å². The molecular weight excluding hydrogens is 326 g/mol. The molecule has 0 spiro atoms. The van der Waals surface area contributed by atoms with Crippen LogP contribution in [-0.2, 0) is 0 Å². The van der Waals surface area contributed by atoms with Gasteiger partial charge in [0, 0.05) is 22.9 Å². The van der Waals surface area contributed by atoms with E-state index in [0.717, 1.165) is 17.9 Å². The summed E-state index contributed by atoms with van der Waals surface area (Å²) in [5.74, 6) is 1.51. The molecule has 0 fully saturated rings. The van der Waals surface area contributed by atoms with Crippen LogP contribution in [0.25, 0.3) is 0 Å². The van der Waals surface area contributed by atoms with Crippen LogP contribution in [0.15, 0.2) is 47.4 Å². The molecule has 1 atom stereocenters. The Labute approximate surface area is 156 Å². The third kappa shape index (κ3) is 3.82. The molecule has 2 aromatic rings. The Morgan fingerprint density at radius 1 is 1.16 bits per heavy atom. The fraction of sp³-hybridized carbons (Fsp3) is 0.455. The lowest BCUT2D eigenvalue weighted by Crippen LogP contribution is -2.35. The number of benzene rings is 2. The Kier molecular flexibility index (Phi) is 5.63. The van der Waals surface area contributed by atoms with E-state index in [9.17, 15) is 5.11 Å². The van der Waals surface area contributed by atoms with Crippen molar-refractivity contribution >= 4 is 23.1 Å². The highest BCUT2D eigenvalue weighted by atomic mass is 32.2. The lowest BCUT2D eigenvalue weighted by molar-refractivity contribution is 0.295. The van der Waals surface area contributed by atoms with Gasteiger partial charge in [-0.3, -0.25) is 0 Å². The zero-order chi connectivity index (χ0) is 17.9. The predicted molar refractivity (Wildman–Crippen MR) is 109 cm³/mol. The highest BCUT2D eigenvalue weighted by Gasteiger charge is 2.35. The SMILES string of the molecule is CCCCC1(CC)CSc2cc(O)c(C)cc2N(c2ccccc2)C1. The van der Waals surface area contributed by atoms with Gasteiger partial charge in [0.25, 0.3) is 0 Å². The first-order valence-corrected chi connectivity index (χ1v) is 10.4. The minimum atomic E-state index is 0.305. The highest BCUT2D eigenvalue weighted by molar-refractivity contribution is 7.99. The first kappa shape index (κ1) is 18.2. The molecule has 0 saturated carbocycles. The zero-order valence-electron chi connectivity index (χ0n) is 15.6. The Morgan fingerprint density at radius 2 is 1.92 bits per heavy atom. The summed E-state index contributed by atoms with van der Waals surface area (Å²) in [6, 6.07) is 14.8. The highest BCUT2D eigenvalue weighted by Crippen LogP contribution is 2.48. The van der Waals surface area contributed by atoms with Gasteiger partial charge in [-0.05, 0) is 55.0 Å². The second kappa shape index (κ2) is 7.74. The van der Waals surface area contributed by atoms with Gasteiger partial charge in [-0.15, -0.1) is 11.8 Å². The van der Waals surface area contributed by atoms with E-state index in [2.05, 4.69) is 55.1 Å². The van der Waals surface area contributed by atoms with E-state index < -0.39 is 0 Å². The summed E-state index contributed by atoms with van der Waals surface area (Å²) in [5.41, 5.74) is 3.72. The Balaban J connectivity index is 2.08.